The van der Waals surface area contributed by atoms with Gasteiger partial charge in [-0.3, -0.25) is 35.1 Å². The van der Waals surface area contributed by atoms with Crippen LogP contribution in [0.5, 0.6) is 0 Å². The first kappa shape index (κ1) is 14.4. The molecular weight excluding hydrogens is 240 g/mol. The van der Waals surface area contributed by atoms with Crippen molar-refractivity contribution in [1.82, 2.24) is 5.32 Å². The average Bonchev–Trinajstić information content (AvgIpc) is 2.16. The van der Waals surface area contributed by atoms with Crippen LogP contribution in [-0.2, 0) is 4.79 Å². The van der Waals surface area contributed by atoms with Crippen LogP contribution in [0.3, 0.4) is 0 Å². The molecule has 0 atom stereocenters. The van der Waals surface area contributed by atoms with Crippen LogP contribution < -0.4 is 5.32 Å². The fraction of sp³-hybridized carbons (Fsp3) is 0.500. The molecule has 0 fully saturated rings. The number of amides is 1. The van der Waals surface area contributed by atoms with Gasteiger partial charge in [-0.05, 0) is 6.92 Å². The number of hydrogen-bond donors (Lipinski definition) is 1. The van der Waals surface area contributed by atoms with E-state index in [0.29, 0.717) is 0 Å². The maximum absolute atomic E-state index is 11.0. The second kappa shape index (κ2) is 4.96. The van der Waals surface area contributed by atoms with Crippen molar-refractivity contribution in [3.63, 3.8) is 0 Å². The predicted octanol–water partition coefficient (Wildman–Crippen LogP) is -0.837. The third kappa shape index (κ3) is 2.70. The van der Waals surface area contributed by atoms with Gasteiger partial charge in [0.15, 0.2) is 14.8 Å². The highest BCUT2D eigenvalue weighted by molar-refractivity contribution is 5.92. The van der Waals surface area contributed by atoms with Gasteiger partial charge in [-0.25, -0.2) is 0 Å². The zero-order valence-corrected chi connectivity index (χ0v) is 8.61. The third-order valence-corrected chi connectivity index (χ3v) is 1.75. The van der Waals surface area contributed by atoms with Gasteiger partial charge in [-0.1, -0.05) is 6.58 Å². The van der Waals surface area contributed by atoms with Crippen molar-refractivity contribution >= 4 is 5.91 Å². The summed E-state index contributed by atoms with van der Waals surface area (Å²) in [7, 11) is 0. The molecule has 11 heteroatoms. The van der Waals surface area contributed by atoms with Gasteiger partial charge in [0, 0.05) is 5.57 Å². The summed E-state index contributed by atoms with van der Waals surface area (Å²) in [6, 6.07) is 0. The van der Waals surface area contributed by atoms with Crippen LogP contribution in [-0.4, -0.2) is 33.0 Å². The van der Waals surface area contributed by atoms with Crippen LogP contribution in [0, 0.1) is 30.3 Å². The first-order valence-electron chi connectivity index (χ1n) is 4.03. The molecule has 0 aliphatic carbocycles. The molecule has 0 saturated carbocycles. The van der Waals surface area contributed by atoms with Crippen LogP contribution in [0.1, 0.15) is 6.92 Å². The molecular formula is C6H8N4O7. The molecule has 11 nitrogen and oxygen atoms in total. The Morgan fingerprint density at radius 3 is 1.76 bits per heavy atom. The molecule has 0 rings (SSSR count). The van der Waals surface area contributed by atoms with Crippen molar-refractivity contribution in [2.45, 2.75) is 12.7 Å². The summed E-state index contributed by atoms with van der Waals surface area (Å²) >= 11 is 0. The van der Waals surface area contributed by atoms with Crippen molar-refractivity contribution in [3.8, 4) is 0 Å². The molecule has 0 spiro atoms. The van der Waals surface area contributed by atoms with E-state index >= 15 is 0 Å². The third-order valence-electron chi connectivity index (χ3n) is 1.75. The monoisotopic (exact) mass is 248 g/mol. The number of carbonyl (C=O) groups is 1. The Labute approximate surface area is 93.5 Å². The molecule has 0 bridgehead atoms. The first-order chi connectivity index (χ1) is 7.66. The molecule has 1 N–H and O–H groups in total. The van der Waals surface area contributed by atoms with Gasteiger partial charge in [0.1, 0.15) is 0 Å². The Morgan fingerprint density at radius 2 is 1.53 bits per heavy atom. The van der Waals surface area contributed by atoms with Crippen LogP contribution in [0.25, 0.3) is 0 Å². The highest BCUT2D eigenvalue weighted by Gasteiger charge is 2.70. The molecule has 0 heterocycles. The number of nitrogens with one attached hydrogen (secondary N) is 1. The highest BCUT2D eigenvalue weighted by atomic mass is 16.7. The van der Waals surface area contributed by atoms with E-state index in [0.717, 1.165) is 0 Å². The molecule has 1 amide bonds. The summed E-state index contributed by atoms with van der Waals surface area (Å²) in [6.07, 6.45) is 0. The molecule has 0 radical (unpaired) electrons. The second-order valence-electron chi connectivity index (χ2n) is 3.01. The smallest absolute Gasteiger partial charge is 0.331 e. The lowest BCUT2D eigenvalue weighted by molar-refractivity contribution is -0.966. The van der Waals surface area contributed by atoms with E-state index in [4.69, 9.17) is 0 Å². The largest absolute Gasteiger partial charge is 0.717 e. The van der Waals surface area contributed by atoms with Crippen molar-refractivity contribution in [2.75, 3.05) is 6.54 Å². The molecule has 0 aromatic heterocycles. The predicted molar refractivity (Wildman–Crippen MR) is 51.5 cm³/mol. The number of nitrogens with zero attached hydrogens (tertiary/aromatic N) is 3. The van der Waals surface area contributed by atoms with Crippen LogP contribution in [0.2, 0.25) is 0 Å². The van der Waals surface area contributed by atoms with Gasteiger partial charge in [0.25, 0.3) is 0 Å². The lowest BCUT2D eigenvalue weighted by Gasteiger charge is -2.09. The molecule has 0 aromatic rings. The van der Waals surface area contributed by atoms with Crippen molar-refractivity contribution < 1.29 is 19.6 Å². The summed E-state index contributed by atoms with van der Waals surface area (Å²) in [5.74, 6) is -4.63. The maximum Gasteiger partial charge on any atom is 0.717 e. The summed E-state index contributed by atoms with van der Waals surface area (Å²) in [4.78, 5) is 37.3. The number of carbonyl (C=O) groups excluding carboxylic acids is 1. The fourth-order valence-corrected chi connectivity index (χ4v) is 0.743. The van der Waals surface area contributed by atoms with Crippen molar-refractivity contribution in [1.29, 1.82) is 0 Å². The first-order valence-corrected chi connectivity index (χ1v) is 4.03. The molecule has 0 aliphatic heterocycles. The Balaban J connectivity index is 5.15. The second-order valence-corrected chi connectivity index (χ2v) is 3.01. The van der Waals surface area contributed by atoms with Crippen molar-refractivity contribution in [3.05, 3.63) is 42.5 Å². The van der Waals surface area contributed by atoms with E-state index in [1.165, 1.54) is 6.92 Å². The van der Waals surface area contributed by atoms with E-state index in [2.05, 4.69) is 6.58 Å². The molecule has 0 saturated heterocycles. The Bertz CT molecular complexity index is 367. The maximum atomic E-state index is 11.0. The van der Waals surface area contributed by atoms with Gasteiger partial charge in [-0.2, -0.15) is 0 Å². The zero-order valence-electron chi connectivity index (χ0n) is 8.61. The molecule has 0 aliphatic rings. The minimum absolute atomic E-state index is 0.0889. The molecule has 94 valence electrons. The minimum atomic E-state index is -3.69. The SMILES string of the molecule is C=C(C)C(=O)NCC([N+](=O)[O-])([N+](=O)[O-])[N+](=O)[O-]. The van der Waals surface area contributed by atoms with Gasteiger partial charge in [-0.15, -0.1) is 0 Å². The quantitative estimate of drug-likeness (QED) is 0.277. The Morgan fingerprint density at radius 1 is 1.18 bits per heavy atom. The lowest BCUT2D eigenvalue weighted by Crippen LogP contribution is -2.60. The molecule has 0 aromatic carbocycles. The van der Waals surface area contributed by atoms with Crippen LogP contribution >= 0.6 is 0 Å². The van der Waals surface area contributed by atoms with E-state index in [1.54, 1.807) is 5.32 Å². The van der Waals surface area contributed by atoms with E-state index < -0.39 is 33.0 Å². The van der Waals surface area contributed by atoms with Gasteiger partial charge >= 0.3 is 5.79 Å². The fourth-order valence-electron chi connectivity index (χ4n) is 0.743. The minimum Gasteiger partial charge on any atom is -0.331 e. The summed E-state index contributed by atoms with van der Waals surface area (Å²) < 4.78 is 0. The number of nitro groups is 3. The molecule has 0 unspecified atom stereocenters. The Hall–Kier alpha value is -2.59. The highest BCUT2D eigenvalue weighted by Crippen LogP contribution is 2.11. The number of hydrogen-bond acceptors (Lipinski definition) is 7. The van der Waals surface area contributed by atoms with E-state index in [9.17, 15) is 35.1 Å². The standard InChI is InChI=1S/C6H8N4O7/c1-4(2)5(11)7-3-6(8(12)13,9(14)15)10(16)17/h1,3H2,2H3,(H,7,11). The summed E-state index contributed by atoms with van der Waals surface area (Å²) in [5, 5.41) is 33.0. The summed E-state index contributed by atoms with van der Waals surface area (Å²) in [6.45, 7) is 3.04. The Kier molecular flexibility index (Phi) is 4.20. The van der Waals surface area contributed by atoms with E-state index in [-0.39, 0.29) is 5.57 Å². The normalized spacial score (nSPS) is 10.4. The van der Waals surface area contributed by atoms with Gasteiger partial charge < -0.3 is 5.32 Å². The van der Waals surface area contributed by atoms with E-state index in [1.807, 2.05) is 0 Å². The van der Waals surface area contributed by atoms with Crippen molar-refractivity contribution in [2.24, 2.45) is 0 Å². The summed E-state index contributed by atoms with van der Waals surface area (Å²) in [5.41, 5.74) is -0.0889. The topological polar surface area (TPSA) is 159 Å². The lowest BCUT2D eigenvalue weighted by atomic mass is 10.3. The van der Waals surface area contributed by atoms with Crippen LogP contribution in [0.15, 0.2) is 12.2 Å². The van der Waals surface area contributed by atoms with Gasteiger partial charge in [0.05, 0.1) is 0 Å². The van der Waals surface area contributed by atoms with Gasteiger partial charge in [0.2, 0.25) is 12.5 Å². The van der Waals surface area contributed by atoms with Crippen LogP contribution in [0.4, 0.5) is 0 Å². The number of rotatable bonds is 6. The average molecular weight is 248 g/mol. The zero-order chi connectivity index (χ0) is 13.8. The molecule has 17 heavy (non-hydrogen) atoms.